The molecular formula is C30H43N3O3. The van der Waals surface area contributed by atoms with Gasteiger partial charge in [-0.05, 0) is 76.0 Å². The number of hydrogen-bond acceptors (Lipinski definition) is 4. The predicted octanol–water partition coefficient (Wildman–Crippen LogP) is 6.17. The molecule has 0 spiro atoms. The molecule has 2 aromatic rings. The number of hydrogen-bond donors (Lipinski definition) is 1. The standard InChI is InChI=1S/C30H43N3O3/c1-7-20-32(29(35)33(31)22-27-14-12-23(2)13-15-27)24(3)10-8-9-11-25-16-18-26(19-17-25)21-30(4,5)28(34)36-6/h12-19H,3,7-11,20-22,31H2,1-2,4-6H3. The lowest BCUT2D eigenvalue weighted by atomic mass is 9.85. The van der Waals surface area contributed by atoms with Crippen LogP contribution in [0, 0.1) is 12.3 Å². The Labute approximate surface area is 217 Å². The number of rotatable bonds is 13. The molecule has 0 atom stereocenters. The van der Waals surface area contributed by atoms with E-state index in [1.807, 2.05) is 52.0 Å². The van der Waals surface area contributed by atoms with Gasteiger partial charge in [-0.3, -0.25) is 14.7 Å². The summed E-state index contributed by atoms with van der Waals surface area (Å²) in [5.41, 5.74) is 4.81. The number of esters is 1. The summed E-state index contributed by atoms with van der Waals surface area (Å²) >= 11 is 0. The van der Waals surface area contributed by atoms with Crippen LogP contribution in [0.15, 0.2) is 60.8 Å². The molecule has 6 heteroatoms. The first-order valence-electron chi connectivity index (χ1n) is 12.8. The number of carbonyl (C=O) groups excluding carboxylic acids is 2. The number of hydrazine groups is 1. The smallest absolute Gasteiger partial charge is 0.338 e. The highest BCUT2D eigenvalue weighted by Gasteiger charge is 2.28. The predicted molar refractivity (Wildman–Crippen MR) is 146 cm³/mol. The summed E-state index contributed by atoms with van der Waals surface area (Å²) in [5.74, 6) is 5.94. The molecule has 0 saturated carbocycles. The zero-order valence-electron chi connectivity index (χ0n) is 22.7. The number of amides is 2. The molecular weight excluding hydrogens is 450 g/mol. The fraction of sp³-hybridized carbons (Fsp3) is 0.467. The van der Waals surface area contributed by atoms with Crippen molar-refractivity contribution in [2.24, 2.45) is 11.3 Å². The second-order valence-corrected chi connectivity index (χ2v) is 10.2. The molecule has 0 aliphatic rings. The van der Waals surface area contributed by atoms with Gasteiger partial charge in [-0.1, -0.05) is 67.6 Å². The fourth-order valence-electron chi connectivity index (χ4n) is 4.20. The van der Waals surface area contributed by atoms with Crippen molar-refractivity contribution in [3.63, 3.8) is 0 Å². The molecule has 0 unspecified atom stereocenters. The van der Waals surface area contributed by atoms with Crippen molar-refractivity contribution < 1.29 is 14.3 Å². The van der Waals surface area contributed by atoms with Crippen molar-refractivity contribution in [3.8, 4) is 0 Å². The molecule has 0 bridgehead atoms. The van der Waals surface area contributed by atoms with Crippen LogP contribution in [0.2, 0.25) is 0 Å². The zero-order chi connectivity index (χ0) is 26.7. The van der Waals surface area contributed by atoms with E-state index in [0.717, 1.165) is 48.9 Å². The third-order valence-corrected chi connectivity index (χ3v) is 6.37. The van der Waals surface area contributed by atoms with E-state index in [-0.39, 0.29) is 12.0 Å². The topological polar surface area (TPSA) is 75.9 Å². The largest absolute Gasteiger partial charge is 0.469 e. The minimum Gasteiger partial charge on any atom is -0.469 e. The Balaban J connectivity index is 1.83. The second-order valence-electron chi connectivity index (χ2n) is 10.2. The molecule has 2 rings (SSSR count). The lowest BCUT2D eigenvalue weighted by molar-refractivity contribution is -0.150. The molecule has 0 heterocycles. The number of ether oxygens (including phenoxy) is 1. The maximum absolute atomic E-state index is 13.0. The van der Waals surface area contributed by atoms with Crippen LogP contribution < -0.4 is 5.84 Å². The van der Waals surface area contributed by atoms with Crippen LogP contribution in [0.3, 0.4) is 0 Å². The summed E-state index contributed by atoms with van der Waals surface area (Å²) in [6, 6.07) is 16.2. The van der Waals surface area contributed by atoms with Crippen molar-refractivity contribution in [3.05, 3.63) is 83.1 Å². The van der Waals surface area contributed by atoms with Crippen molar-refractivity contribution in [1.29, 1.82) is 0 Å². The Bertz CT molecular complexity index is 997. The van der Waals surface area contributed by atoms with E-state index < -0.39 is 5.41 Å². The van der Waals surface area contributed by atoms with Crippen molar-refractivity contribution in [1.82, 2.24) is 9.91 Å². The van der Waals surface area contributed by atoms with Gasteiger partial charge in [-0.15, -0.1) is 0 Å². The number of urea groups is 1. The number of nitrogens with zero attached hydrogens (tertiary/aromatic N) is 2. The van der Waals surface area contributed by atoms with Gasteiger partial charge in [0.2, 0.25) is 0 Å². The molecule has 0 saturated heterocycles. The molecule has 2 N–H and O–H groups in total. The first-order chi connectivity index (χ1) is 17.1. The number of allylic oxidation sites excluding steroid dienone is 1. The summed E-state index contributed by atoms with van der Waals surface area (Å²) in [6.07, 6.45) is 5.11. The average Bonchev–Trinajstić information content (AvgIpc) is 2.86. The summed E-state index contributed by atoms with van der Waals surface area (Å²) in [5, 5.41) is 1.27. The molecule has 2 amide bonds. The SMILES string of the molecule is C=C(CCCCc1ccc(CC(C)(C)C(=O)OC)cc1)N(CCC)C(=O)N(N)Cc1ccc(C)cc1. The van der Waals surface area contributed by atoms with Gasteiger partial charge in [-0.2, -0.15) is 0 Å². The summed E-state index contributed by atoms with van der Waals surface area (Å²) in [6.45, 7) is 13.0. The average molecular weight is 494 g/mol. The highest BCUT2D eigenvalue weighted by Crippen LogP contribution is 2.24. The number of carbonyl (C=O) groups is 2. The molecule has 0 aliphatic carbocycles. The second kappa shape index (κ2) is 13.8. The monoisotopic (exact) mass is 493 g/mol. The summed E-state index contributed by atoms with van der Waals surface area (Å²) in [7, 11) is 1.43. The molecule has 0 aromatic heterocycles. The minimum atomic E-state index is -0.544. The van der Waals surface area contributed by atoms with Gasteiger partial charge in [0.15, 0.2) is 0 Å². The number of methoxy groups -OCH3 is 1. The Morgan fingerprint density at radius 3 is 2.14 bits per heavy atom. The Morgan fingerprint density at radius 2 is 1.56 bits per heavy atom. The first kappa shape index (κ1) is 29.1. The first-order valence-corrected chi connectivity index (χ1v) is 12.8. The van der Waals surface area contributed by atoms with Crippen LogP contribution in [0.5, 0.6) is 0 Å². The molecule has 36 heavy (non-hydrogen) atoms. The zero-order valence-corrected chi connectivity index (χ0v) is 22.7. The molecule has 2 aromatic carbocycles. The maximum atomic E-state index is 13.0. The Morgan fingerprint density at radius 1 is 0.972 bits per heavy atom. The van der Waals surface area contributed by atoms with Gasteiger partial charge >= 0.3 is 12.0 Å². The third kappa shape index (κ3) is 8.83. The molecule has 0 radical (unpaired) electrons. The van der Waals surface area contributed by atoms with E-state index in [1.165, 1.54) is 23.2 Å². The van der Waals surface area contributed by atoms with Gasteiger partial charge in [0.05, 0.1) is 19.1 Å². The molecule has 196 valence electrons. The van der Waals surface area contributed by atoms with Crippen molar-refractivity contribution in [2.75, 3.05) is 13.7 Å². The maximum Gasteiger partial charge on any atom is 0.338 e. The van der Waals surface area contributed by atoms with Crippen LogP contribution in [-0.4, -0.2) is 35.6 Å². The van der Waals surface area contributed by atoms with Crippen LogP contribution in [0.25, 0.3) is 0 Å². The van der Waals surface area contributed by atoms with E-state index >= 15 is 0 Å². The highest BCUT2D eigenvalue weighted by molar-refractivity contribution is 5.76. The van der Waals surface area contributed by atoms with Gasteiger partial charge < -0.3 is 4.74 Å². The van der Waals surface area contributed by atoms with E-state index in [1.54, 1.807) is 4.90 Å². The van der Waals surface area contributed by atoms with Gasteiger partial charge in [0.25, 0.3) is 0 Å². The van der Waals surface area contributed by atoms with Crippen LogP contribution in [0.1, 0.15) is 68.7 Å². The quantitative estimate of drug-likeness (QED) is 0.119. The van der Waals surface area contributed by atoms with Gasteiger partial charge in [0.1, 0.15) is 0 Å². The molecule has 0 aliphatic heterocycles. The van der Waals surface area contributed by atoms with Crippen molar-refractivity contribution in [2.45, 2.75) is 72.8 Å². The van der Waals surface area contributed by atoms with E-state index in [2.05, 4.69) is 30.8 Å². The minimum absolute atomic E-state index is 0.199. The van der Waals surface area contributed by atoms with Gasteiger partial charge in [0, 0.05) is 12.2 Å². The van der Waals surface area contributed by atoms with Crippen molar-refractivity contribution >= 4 is 12.0 Å². The number of unbranched alkanes of at least 4 members (excludes halogenated alkanes) is 1. The third-order valence-electron chi connectivity index (χ3n) is 6.37. The number of benzene rings is 2. The van der Waals surface area contributed by atoms with Gasteiger partial charge in [-0.25, -0.2) is 10.6 Å². The Kier molecular flexibility index (Phi) is 11.2. The van der Waals surface area contributed by atoms with Crippen LogP contribution in [0.4, 0.5) is 4.79 Å². The normalized spacial score (nSPS) is 11.2. The number of aryl methyl sites for hydroxylation is 2. The lowest BCUT2D eigenvalue weighted by Gasteiger charge is -2.29. The van der Waals surface area contributed by atoms with Crippen LogP contribution in [-0.2, 0) is 28.9 Å². The fourth-order valence-corrected chi connectivity index (χ4v) is 4.20. The van der Waals surface area contributed by atoms with E-state index in [0.29, 0.717) is 19.5 Å². The highest BCUT2D eigenvalue weighted by atomic mass is 16.5. The van der Waals surface area contributed by atoms with Crippen LogP contribution >= 0.6 is 0 Å². The lowest BCUT2D eigenvalue weighted by Crippen LogP contribution is -2.46. The Hall–Kier alpha value is -3.12. The van der Waals surface area contributed by atoms with E-state index in [9.17, 15) is 9.59 Å². The summed E-state index contributed by atoms with van der Waals surface area (Å²) < 4.78 is 4.91. The summed E-state index contributed by atoms with van der Waals surface area (Å²) in [4.78, 5) is 26.7. The number of nitrogens with two attached hydrogens (primary N) is 1. The van der Waals surface area contributed by atoms with E-state index in [4.69, 9.17) is 10.6 Å². The molecule has 6 nitrogen and oxygen atoms in total. The molecule has 0 fully saturated rings.